The second-order valence-corrected chi connectivity index (χ2v) is 13.8. The molecule has 5 rings (SSSR count). The molecule has 5 amide bonds. The number of anilines is 1. The van der Waals surface area contributed by atoms with Crippen LogP contribution in [0.15, 0.2) is 59.5 Å². The van der Waals surface area contributed by atoms with E-state index >= 15 is 0 Å². The van der Waals surface area contributed by atoms with Gasteiger partial charge in [0, 0.05) is 29.1 Å². The zero-order valence-corrected chi connectivity index (χ0v) is 30.4. The van der Waals surface area contributed by atoms with Crippen molar-refractivity contribution < 1.29 is 68.5 Å². The van der Waals surface area contributed by atoms with E-state index in [0.717, 1.165) is 11.1 Å². The van der Waals surface area contributed by atoms with Crippen LogP contribution in [0.25, 0.3) is 11.4 Å². The molecule has 16 nitrogen and oxygen atoms in total. The van der Waals surface area contributed by atoms with E-state index in [2.05, 4.69) is 31.2 Å². The van der Waals surface area contributed by atoms with E-state index in [1.165, 1.54) is 49.9 Å². The summed E-state index contributed by atoms with van der Waals surface area (Å²) in [5.74, 6) is -4.59. The number of carboxylic acid groups (broad SMARTS) is 1. The average molecular weight is 714 g/mol. The van der Waals surface area contributed by atoms with Crippen LogP contribution >= 0.6 is 11.8 Å². The molecule has 2 aromatic carbocycles. The maximum Gasteiger partial charge on any atom is 1.00 e. The third-order valence-corrected chi connectivity index (χ3v) is 9.58. The van der Waals surface area contributed by atoms with Gasteiger partial charge in [-0.25, -0.2) is 4.98 Å². The van der Waals surface area contributed by atoms with Crippen molar-refractivity contribution in [1.82, 2.24) is 30.8 Å². The topological polar surface area (TPSA) is 243 Å². The number of nitrogens with one attached hydrogen (secondary N) is 5. The molecule has 2 unspecified atom stereocenters. The predicted molar refractivity (Wildman–Crippen MR) is 174 cm³/mol. The minimum atomic E-state index is -1.43. The Labute approximate surface area is 311 Å². The molecule has 2 saturated heterocycles. The molecule has 2 aliphatic rings. The summed E-state index contributed by atoms with van der Waals surface area (Å²) in [5.41, 5.74) is -0.151. The van der Waals surface area contributed by atoms with E-state index in [9.17, 15) is 43.8 Å². The number of H-pyrrole nitrogens is 1. The fourth-order valence-electron chi connectivity index (χ4n) is 5.57. The second kappa shape index (κ2) is 15.0. The molecule has 0 saturated carbocycles. The van der Waals surface area contributed by atoms with Crippen LogP contribution in [-0.2, 0) is 24.0 Å². The van der Waals surface area contributed by atoms with Gasteiger partial charge in [-0.15, -0.1) is 11.8 Å². The number of phenols is 1. The first-order chi connectivity index (χ1) is 23.1. The first kappa shape index (κ1) is 38.1. The molecule has 3 aromatic rings. The van der Waals surface area contributed by atoms with Gasteiger partial charge in [0.15, 0.2) is 0 Å². The summed E-state index contributed by atoms with van der Waals surface area (Å²) in [6.45, 7) is 6.15. The van der Waals surface area contributed by atoms with Gasteiger partial charge in [0.25, 0.3) is 11.5 Å². The van der Waals surface area contributed by atoms with E-state index in [4.69, 9.17) is 0 Å². The second-order valence-electron chi connectivity index (χ2n) is 12.0. The van der Waals surface area contributed by atoms with Gasteiger partial charge in [-0.05, 0) is 62.7 Å². The van der Waals surface area contributed by atoms with Crippen LogP contribution in [0, 0.1) is 0 Å². The Hall–Kier alpha value is -4.71. The molecule has 0 radical (unpaired) electrons. The van der Waals surface area contributed by atoms with Crippen molar-refractivity contribution in [3.8, 4) is 17.1 Å². The number of rotatable bonds is 10. The number of amides is 5. The minimum Gasteiger partial charge on any atom is -0.548 e. The molecule has 18 heteroatoms. The zero-order chi connectivity index (χ0) is 35.8. The number of fused-ring (bicyclic) bond motifs is 1. The quantitative estimate of drug-likeness (QED) is 0.0885. The Kier molecular flexibility index (Phi) is 11.5. The standard InChI is InChI=1S/C32H33N7O9S.Na/c1-14(34-15(2)40)25(42)35-18-9-5-17(6-10-18)24-33-13-20(27(44)38-24)26(43)36-21(16-7-11-19(41)12-8-16)28(45)37-22-29(46)39-23(31(47)48)32(3,4)49-30(22)39;/h5-14,21-23,30,41H,1-4H3,(H,34,40)(H,35,42)(H,36,43)(H,37,45)(H,47,48)(H,33,38,44);/q;+1/p-1/t14?,21?,22-,23+,30-;/m1./s1. The number of β-lactam (4-membered cyclic amide) rings is 1. The molecule has 6 N–H and O–H groups in total. The number of thioether (sulfide) groups is 1. The van der Waals surface area contributed by atoms with Crippen molar-refractivity contribution >= 4 is 53.0 Å². The molecule has 0 aliphatic carbocycles. The molecule has 0 bridgehead atoms. The monoisotopic (exact) mass is 713 g/mol. The van der Waals surface area contributed by atoms with Gasteiger partial charge in [0.05, 0.1) is 12.0 Å². The number of aromatic nitrogens is 2. The van der Waals surface area contributed by atoms with E-state index in [1.807, 2.05) is 0 Å². The number of aliphatic carboxylic acids is 1. The van der Waals surface area contributed by atoms with Crippen LogP contribution in [-0.4, -0.2) is 83.7 Å². The number of phenolic OH excluding ortho intramolecular Hbond substituents is 1. The van der Waals surface area contributed by atoms with Crippen molar-refractivity contribution in [3.05, 3.63) is 76.2 Å². The molecule has 0 spiro atoms. The van der Waals surface area contributed by atoms with Gasteiger partial charge in [-0.2, -0.15) is 0 Å². The number of carbonyl (C=O) groups excluding carboxylic acids is 6. The van der Waals surface area contributed by atoms with Crippen LogP contribution in [0.1, 0.15) is 49.7 Å². The maximum atomic E-state index is 13.6. The number of benzene rings is 2. The Bertz CT molecular complexity index is 1900. The first-order valence-corrected chi connectivity index (χ1v) is 15.8. The number of carboxylic acids is 1. The Balaban J connectivity index is 0.00000562. The van der Waals surface area contributed by atoms with E-state index in [1.54, 1.807) is 38.1 Å². The Morgan fingerprint density at radius 1 is 1.00 bits per heavy atom. The molecule has 1 aromatic heterocycles. The SMILES string of the molecule is CC(=O)NC(C)C(=O)Nc1ccc(-c2ncc(C(=O)NC(C(=O)N[C@@H]3C(=O)N4[C@@H]3SC(C)(C)[C@@H]4C(=O)[O-])c3ccc(O)cc3)c(=O)[nH]2)cc1.[Na+]. The minimum absolute atomic E-state index is 0. The molecular weight excluding hydrogens is 681 g/mol. The molecule has 256 valence electrons. The van der Waals surface area contributed by atoms with Crippen LogP contribution in [0.2, 0.25) is 0 Å². The summed E-state index contributed by atoms with van der Waals surface area (Å²) >= 11 is 1.20. The molecular formula is C32H32N7NaO9S. The normalized spacial score (nSPS) is 19.8. The fraction of sp³-hybridized carbons (Fsp3) is 0.312. The number of aromatic hydroxyl groups is 1. The summed E-state index contributed by atoms with van der Waals surface area (Å²) in [4.78, 5) is 95.9. The smallest absolute Gasteiger partial charge is 0.548 e. The van der Waals surface area contributed by atoms with Gasteiger partial charge in [-0.3, -0.25) is 28.8 Å². The molecule has 3 heterocycles. The van der Waals surface area contributed by atoms with Gasteiger partial charge in [-0.1, -0.05) is 12.1 Å². The largest absolute Gasteiger partial charge is 1.00 e. The Morgan fingerprint density at radius 3 is 2.22 bits per heavy atom. The van der Waals surface area contributed by atoms with Crippen LogP contribution < -0.4 is 61.5 Å². The number of hydrogen-bond donors (Lipinski definition) is 6. The number of nitrogens with zero attached hydrogens (tertiary/aromatic N) is 2. The van der Waals surface area contributed by atoms with E-state index < -0.39 is 75.0 Å². The van der Waals surface area contributed by atoms with Crippen LogP contribution in [0.3, 0.4) is 0 Å². The molecule has 5 atom stereocenters. The summed E-state index contributed by atoms with van der Waals surface area (Å²) in [6, 6.07) is 7.15. The third kappa shape index (κ3) is 7.85. The summed E-state index contributed by atoms with van der Waals surface area (Å²) in [6.07, 6.45) is 1.03. The van der Waals surface area contributed by atoms with Gasteiger partial charge in [0.1, 0.15) is 40.6 Å². The van der Waals surface area contributed by atoms with Crippen molar-refractivity contribution in [3.63, 3.8) is 0 Å². The number of hydrogen-bond acceptors (Lipinski definition) is 11. The van der Waals surface area contributed by atoms with Gasteiger partial charge in [0.2, 0.25) is 23.6 Å². The average Bonchev–Trinajstić information content (AvgIpc) is 3.30. The van der Waals surface area contributed by atoms with E-state index in [0.29, 0.717) is 11.3 Å². The van der Waals surface area contributed by atoms with Gasteiger partial charge >= 0.3 is 29.6 Å². The first-order valence-electron chi connectivity index (χ1n) is 15.0. The number of carbonyl (C=O) groups is 6. The van der Waals surface area contributed by atoms with E-state index in [-0.39, 0.29) is 52.6 Å². The Morgan fingerprint density at radius 2 is 1.64 bits per heavy atom. The summed E-state index contributed by atoms with van der Waals surface area (Å²) in [7, 11) is 0. The summed E-state index contributed by atoms with van der Waals surface area (Å²) < 4.78 is -0.880. The van der Waals surface area contributed by atoms with Crippen molar-refractivity contribution in [2.45, 2.75) is 62.0 Å². The van der Waals surface area contributed by atoms with Crippen molar-refractivity contribution in [2.75, 3.05) is 5.32 Å². The van der Waals surface area contributed by atoms with Crippen LogP contribution in [0.4, 0.5) is 5.69 Å². The summed E-state index contributed by atoms with van der Waals surface area (Å²) in [5, 5.41) is 31.1. The van der Waals surface area contributed by atoms with Gasteiger partial charge < -0.3 is 46.2 Å². The molecule has 2 fully saturated rings. The zero-order valence-electron chi connectivity index (χ0n) is 27.6. The third-order valence-electron chi connectivity index (χ3n) is 8.01. The van der Waals surface area contributed by atoms with Crippen molar-refractivity contribution in [2.24, 2.45) is 0 Å². The molecule has 2 aliphatic heterocycles. The van der Waals surface area contributed by atoms with Crippen molar-refractivity contribution in [1.29, 1.82) is 0 Å². The number of aromatic amines is 1. The predicted octanol–water partition coefficient (Wildman–Crippen LogP) is -3.62. The van der Waals surface area contributed by atoms with Crippen LogP contribution in [0.5, 0.6) is 5.75 Å². The maximum absolute atomic E-state index is 13.6. The fourth-order valence-corrected chi connectivity index (χ4v) is 7.20. The molecule has 50 heavy (non-hydrogen) atoms.